The lowest BCUT2D eigenvalue weighted by atomic mass is 9.74. The molecule has 0 unspecified atom stereocenters. The summed E-state index contributed by atoms with van der Waals surface area (Å²) in [5, 5.41) is 33.2. The van der Waals surface area contributed by atoms with Gasteiger partial charge in [0.25, 0.3) is 5.56 Å². The molecule has 6 rings (SSSR count). The lowest BCUT2D eigenvalue weighted by Crippen LogP contribution is -2.44. The summed E-state index contributed by atoms with van der Waals surface area (Å²) in [4.78, 5) is 30.7. The highest BCUT2D eigenvalue weighted by Gasteiger charge is 2.46. The number of nitrogens with zero attached hydrogens (tertiary/aromatic N) is 2. The van der Waals surface area contributed by atoms with Crippen LogP contribution in [-0.4, -0.2) is 37.4 Å². The van der Waals surface area contributed by atoms with Crippen LogP contribution < -0.4 is 5.56 Å². The maximum absolute atomic E-state index is 14.8. The Bertz CT molecular complexity index is 1530. The molecule has 1 aliphatic carbocycles. The number of ether oxygens (including phenoxy) is 1. The third kappa shape index (κ3) is 2.74. The molecule has 4 heterocycles. The lowest BCUT2D eigenvalue weighted by molar-refractivity contribution is -0.172. The van der Waals surface area contributed by atoms with Crippen molar-refractivity contribution in [3.63, 3.8) is 0 Å². The maximum Gasteiger partial charge on any atom is 0.343 e. The summed E-state index contributed by atoms with van der Waals surface area (Å²) in [5.41, 5.74) is 0.285. The molecule has 0 amide bonds. The number of fused-ring (bicyclic) bond motifs is 5. The fourth-order valence-corrected chi connectivity index (χ4v) is 6.11. The first kappa shape index (κ1) is 22.3. The average molecular weight is 480 g/mol. The third-order valence-electron chi connectivity index (χ3n) is 8.08. The fraction of sp³-hybridized carbons (Fsp3) is 0.423. The second kappa shape index (κ2) is 7.19. The molecule has 2 aromatic heterocycles. The SMILES string of the molecule is CC[C@@]1(O)C(=O)OCc2c1cc1n(c2=O)Cc2c-1nc1cc(F)c(C)c3c1c2[C@@](O)(CCO)CC3. The number of aliphatic hydroxyl groups is 3. The van der Waals surface area contributed by atoms with Crippen molar-refractivity contribution in [2.75, 3.05) is 6.61 Å². The van der Waals surface area contributed by atoms with Gasteiger partial charge in [0.2, 0.25) is 0 Å². The van der Waals surface area contributed by atoms with Gasteiger partial charge in [-0.15, -0.1) is 0 Å². The molecule has 182 valence electrons. The Hall–Kier alpha value is -3.14. The largest absolute Gasteiger partial charge is 0.458 e. The Morgan fingerprint density at radius 3 is 2.69 bits per heavy atom. The predicted molar refractivity (Wildman–Crippen MR) is 123 cm³/mol. The number of hydrogen-bond donors (Lipinski definition) is 3. The van der Waals surface area contributed by atoms with Crippen molar-refractivity contribution >= 4 is 16.9 Å². The second-order valence-corrected chi connectivity index (χ2v) is 9.78. The lowest BCUT2D eigenvalue weighted by Gasteiger charge is -2.36. The van der Waals surface area contributed by atoms with Crippen molar-refractivity contribution in [1.82, 2.24) is 9.55 Å². The topological polar surface area (TPSA) is 122 Å². The van der Waals surface area contributed by atoms with Gasteiger partial charge < -0.3 is 24.6 Å². The Balaban J connectivity index is 1.71. The number of aryl methyl sites for hydroxylation is 1. The summed E-state index contributed by atoms with van der Waals surface area (Å²) in [7, 11) is 0. The van der Waals surface area contributed by atoms with Gasteiger partial charge in [0.1, 0.15) is 12.4 Å². The molecule has 0 fully saturated rings. The van der Waals surface area contributed by atoms with Crippen LogP contribution >= 0.6 is 0 Å². The van der Waals surface area contributed by atoms with Gasteiger partial charge >= 0.3 is 5.97 Å². The Morgan fingerprint density at radius 1 is 1.20 bits per heavy atom. The van der Waals surface area contributed by atoms with Crippen LogP contribution in [0.1, 0.15) is 59.6 Å². The molecule has 0 spiro atoms. The summed E-state index contributed by atoms with van der Waals surface area (Å²) in [5.74, 6) is -1.21. The maximum atomic E-state index is 14.8. The van der Waals surface area contributed by atoms with Gasteiger partial charge in [-0.05, 0) is 43.4 Å². The van der Waals surface area contributed by atoms with Gasteiger partial charge in [-0.3, -0.25) is 4.79 Å². The van der Waals surface area contributed by atoms with E-state index in [9.17, 15) is 29.3 Å². The van der Waals surface area contributed by atoms with E-state index in [4.69, 9.17) is 9.72 Å². The van der Waals surface area contributed by atoms with Crippen LogP contribution in [0.15, 0.2) is 16.9 Å². The molecule has 8 nitrogen and oxygen atoms in total. The van der Waals surface area contributed by atoms with Crippen LogP contribution in [-0.2, 0) is 40.3 Å². The molecule has 35 heavy (non-hydrogen) atoms. The quantitative estimate of drug-likeness (QED) is 0.384. The molecule has 9 heteroatoms. The van der Waals surface area contributed by atoms with Crippen molar-refractivity contribution < 1.29 is 29.2 Å². The van der Waals surface area contributed by atoms with E-state index in [2.05, 4.69) is 0 Å². The Labute approximate surface area is 199 Å². The van der Waals surface area contributed by atoms with Gasteiger partial charge in [0.05, 0.1) is 34.6 Å². The number of hydrogen-bond acceptors (Lipinski definition) is 7. The van der Waals surface area contributed by atoms with E-state index in [0.29, 0.717) is 51.8 Å². The number of carbonyl (C=O) groups is 1. The number of aromatic nitrogens is 2. The second-order valence-electron chi connectivity index (χ2n) is 9.78. The molecule has 2 aliphatic heterocycles. The third-order valence-corrected chi connectivity index (χ3v) is 8.08. The van der Waals surface area contributed by atoms with Crippen LogP contribution in [0, 0.1) is 12.7 Å². The van der Waals surface area contributed by atoms with Crippen molar-refractivity contribution in [2.24, 2.45) is 0 Å². The fourth-order valence-electron chi connectivity index (χ4n) is 6.11. The van der Waals surface area contributed by atoms with Crippen molar-refractivity contribution in [3.8, 4) is 11.4 Å². The van der Waals surface area contributed by atoms with Crippen LogP contribution in [0.4, 0.5) is 4.39 Å². The number of cyclic esters (lactones) is 1. The molecule has 0 saturated heterocycles. The summed E-state index contributed by atoms with van der Waals surface area (Å²) < 4.78 is 21.5. The zero-order chi connectivity index (χ0) is 24.9. The number of halogens is 1. The zero-order valence-electron chi connectivity index (χ0n) is 19.4. The van der Waals surface area contributed by atoms with E-state index in [1.54, 1.807) is 19.9 Å². The standard InChI is InChI=1S/C26H25FN2O6/c1-3-26(34)16-8-19-22-14(10-29(19)23(31)15(16)11-35-24(26)32)21-20-13(4-5-25(21,33)6-7-30)12(2)17(27)9-18(20)28-22/h8-9,30,33-34H,3-7,10-11H2,1-2H3/t25-,26-/m0/s1. The molecule has 3 N–H and O–H groups in total. The molecule has 0 bridgehead atoms. The summed E-state index contributed by atoms with van der Waals surface area (Å²) in [6, 6.07) is 2.93. The first-order chi connectivity index (χ1) is 16.6. The smallest absolute Gasteiger partial charge is 0.343 e. The first-order valence-corrected chi connectivity index (χ1v) is 11.8. The first-order valence-electron chi connectivity index (χ1n) is 11.8. The number of carbonyl (C=O) groups excluding carboxylic acids is 1. The van der Waals surface area contributed by atoms with E-state index in [0.717, 1.165) is 5.56 Å². The van der Waals surface area contributed by atoms with Crippen molar-refractivity contribution in [3.05, 3.63) is 61.7 Å². The van der Waals surface area contributed by atoms with Crippen molar-refractivity contribution in [1.29, 1.82) is 0 Å². The molecule has 2 atom stereocenters. The molecular formula is C26H25FN2O6. The van der Waals surface area contributed by atoms with Gasteiger partial charge in [-0.25, -0.2) is 14.2 Å². The van der Waals surface area contributed by atoms with E-state index in [1.807, 2.05) is 0 Å². The monoisotopic (exact) mass is 480 g/mol. The zero-order valence-corrected chi connectivity index (χ0v) is 19.4. The molecular weight excluding hydrogens is 455 g/mol. The van der Waals surface area contributed by atoms with Crippen LogP contribution in [0.25, 0.3) is 22.3 Å². The van der Waals surface area contributed by atoms with Crippen LogP contribution in [0.3, 0.4) is 0 Å². The van der Waals surface area contributed by atoms with E-state index < -0.39 is 28.5 Å². The molecule has 0 saturated carbocycles. The van der Waals surface area contributed by atoms with E-state index >= 15 is 0 Å². The average Bonchev–Trinajstić information content (AvgIpc) is 3.19. The van der Waals surface area contributed by atoms with Crippen LogP contribution in [0.5, 0.6) is 0 Å². The van der Waals surface area contributed by atoms with Gasteiger partial charge in [-0.2, -0.15) is 0 Å². The normalized spacial score (nSPS) is 24.2. The van der Waals surface area contributed by atoms with Gasteiger partial charge in [0, 0.05) is 41.2 Å². The number of esters is 1. The minimum atomic E-state index is -1.95. The highest BCUT2D eigenvalue weighted by Crippen LogP contribution is 2.49. The van der Waals surface area contributed by atoms with Crippen molar-refractivity contribution in [2.45, 2.75) is 63.9 Å². The highest BCUT2D eigenvalue weighted by atomic mass is 19.1. The Morgan fingerprint density at radius 2 is 1.97 bits per heavy atom. The van der Waals surface area contributed by atoms with Crippen LogP contribution in [0.2, 0.25) is 0 Å². The minimum Gasteiger partial charge on any atom is -0.458 e. The number of aliphatic hydroxyl groups excluding tert-OH is 1. The van der Waals surface area contributed by atoms with Gasteiger partial charge in [-0.1, -0.05) is 6.92 Å². The minimum absolute atomic E-state index is 0.0229. The highest BCUT2D eigenvalue weighted by molar-refractivity contribution is 5.93. The number of benzene rings is 1. The summed E-state index contributed by atoms with van der Waals surface area (Å²) >= 11 is 0. The van der Waals surface area contributed by atoms with Gasteiger partial charge in [0.15, 0.2) is 5.60 Å². The van der Waals surface area contributed by atoms with E-state index in [1.165, 1.54) is 10.6 Å². The van der Waals surface area contributed by atoms with E-state index in [-0.39, 0.29) is 43.7 Å². The summed E-state index contributed by atoms with van der Waals surface area (Å²) in [6.45, 7) is 2.98. The molecule has 1 aromatic carbocycles. The molecule has 3 aliphatic rings. The number of rotatable bonds is 3. The molecule has 0 radical (unpaired) electrons. The number of pyridine rings is 2. The summed E-state index contributed by atoms with van der Waals surface area (Å²) in [6.07, 6.45) is 0.855. The Kier molecular flexibility index (Phi) is 4.59. The molecule has 3 aromatic rings. The predicted octanol–water partition coefficient (Wildman–Crippen LogP) is 2.04.